The minimum atomic E-state index is 1.04. The van der Waals surface area contributed by atoms with Gasteiger partial charge >= 0.3 is 0 Å². The summed E-state index contributed by atoms with van der Waals surface area (Å²) in [4.78, 5) is 2.32. The molecule has 1 aliphatic rings. The molecule has 0 N–H and O–H groups in total. The van der Waals surface area contributed by atoms with Gasteiger partial charge in [-0.2, -0.15) is 0 Å². The van der Waals surface area contributed by atoms with Crippen molar-refractivity contribution in [1.29, 1.82) is 0 Å². The standard InChI is InChI=1S/C25H19NS/c1-17-12-14-22-21-10-6-7-11-24(21)27-25(22)26(2)23-16-19(13-15-20(17)23)18-8-4-3-5-9-18/h3-16H,1H2,2H3/b14-12-. The van der Waals surface area contributed by atoms with Gasteiger partial charge in [0.05, 0.1) is 0 Å². The van der Waals surface area contributed by atoms with Crippen molar-refractivity contribution in [2.45, 2.75) is 0 Å². The molecular weight excluding hydrogens is 346 g/mol. The Hall–Kier alpha value is -3.10. The van der Waals surface area contributed by atoms with Crippen LogP contribution in [0.3, 0.4) is 0 Å². The highest BCUT2D eigenvalue weighted by molar-refractivity contribution is 7.23. The average Bonchev–Trinajstić information content (AvgIpc) is 3.09. The normalized spacial score (nSPS) is 14.4. The summed E-state index contributed by atoms with van der Waals surface area (Å²) in [5.74, 6) is 0. The fourth-order valence-corrected chi connectivity index (χ4v) is 4.90. The number of thiophene rings is 1. The fourth-order valence-electron chi connectivity index (χ4n) is 3.74. The van der Waals surface area contributed by atoms with Crippen LogP contribution in [-0.4, -0.2) is 7.05 Å². The molecule has 27 heavy (non-hydrogen) atoms. The van der Waals surface area contributed by atoms with E-state index >= 15 is 0 Å². The largest absolute Gasteiger partial charge is 0.335 e. The molecule has 1 nitrogen and oxygen atoms in total. The van der Waals surface area contributed by atoms with E-state index in [0.717, 1.165) is 5.57 Å². The van der Waals surface area contributed by atoms with Crippen LogP contribution in [0.15, 0.2) is 85.5 Å². The second-order valence-corrected chi connectivity index (χ2v) is 7.86. The summed E-state index contributed by atoms with van der Waals surface area (Å²) in [6.45, 7) is 4.32. The van der Waals surface area contributed by atoms with Gasteiger partial charge in [-0.05, 0) is 28.8 Å². The third kappa shape index (κ3) is 2.61. The lowest BCUT2D eigenvalue weighted by molar-refractivity contribution is 1.23. The predicted octanol–water partition coefficient (Wildman–Crippen LogP) is 7.38. The first-order valence-corrected chi connectivity index (χ1v) is 9.86. The van der Waals surface area contributed by atoms with Crippen LogP contribution in [0.2, 0.25) is 0 Å². The summed E-state index contributed by atoms with van der Waals surface area (Å²) in [5.41, 5.74) is 7.14. The number of benzene rings is 3. The highest BCUT2D eigenvalue weighted by atomic mass is 32.1. The molecule has 0 bridgehead atoms. The lowest BCUT2D eigenvalue weighted by Crippen LogP contribution is -2.12. The van der Waals surface area contributed by atoms with Crippen molar-refractivity contribution in [2.75, 3.05) is 11.9 Å². The molecule has 0 fully saturated rings. The lowest BCUT2D eigenvalue weighted by Gasteiger charge is -2.25. The Bertz CT molecular complexity index is 1200. The molecule has 3 aromatic carbocycles. The number of hydrogen-bond donors (Lipinski definition) is 0. The Morgan fingerprint density at radius 3 is 2.44 bits per heavy atom. The first-order chi connectivity index (χ1) is 13.2. The number of allylic oxidation sites excluding steroid dienone is 2. The number of fused-ring (bicyclic) bond motifs is 4. The molecule has 5 rings (SSSR count). The molecule has 0 radical (unpaired) electrons. The van der Waals surface area contributed by atoms with Crippen LogP contribution in [0.4, 0.5) is 10.7 Å². The van der Waals surface area contributed by atoms with Crippen LogP contribution >= 0.6 is 11.3 Å². The maximum absolute atomic E-state index is 4.32. The van der Waals surface area contributed by atoms with E-state index in [1.165, 1.54) is 43.0 Å². The minimum absolute atomic E-state index is 1.04. The van der Waals surface area contributed by atoms with Crippen LogP contribution in [-0.2, 0) is 0 Å². The van der Waals surface area contributed by atoms with E-state index in [2.05, 4.69) is 103 Å². The molecular formula is C25H19NS. The third-order valence-corrected chi connectivity index (χ3v) is 6.45. The Kier molecular flexibility index (Phi) is 3.73. The van der Waals surface area contributed by atoms with Crippen LogP contribution in [0.25, 0.3) is 32.9 Å². The molecule has 0 saturated carbocycles. The zero-order valence-corrected chi connectivity index (χ0v) is 16.0. The second-order valence-electron chi connectivity index (χ2n) is 6.83. The second kappa shape index (κ2) is 6.26. The van der Waals surface area contributed by atoms with Gasteiger partial charge in [0.2, 0.25) is 0 Å². The molecule has 2 heteroatoms. The van der Waals surface area contributed by atoms with Gasteiger partial charge in [-0.25, -0.2) is 0 Å². The van der Waals surface area contributed by atoms with Crippen molar-refractivity contribution in [1.82, 2.24) is 0 Å². The van der Waals surface area contributed by atoms with E-state index in [1.54, 1.807) is 0 Å². The van der Waals surface area contributed by atoms with E-state index < -0.39 is 0 Å². The molecule has 1 aromatic heterocycles. The minimum Gasteiger partial charge on any atom is -0.335 e. The SMILES string of the molecule is C=C1/C=C\c2c(sc3ccccc23)N(C)c2cc(-c3ccccc3)ccc21. The molecule has 130 valence electrons. The van der Waals surface area contributed by atoms with Gasteiger partial charge < -0.3 is 4.90 Å². The van der Waals surface area contributed by atoms with Crippen molar-refractivity contribution in [3.05, 3.63) is 96.6 Å². The van der Waals surface area contributed by atoms with Crippen molar-refractivity contribution in [2.24, 2.45) is 0 Å². The van der Waals surface area contributed by atoms with E-state index in [0.29, 0.717) is 0 Å². The Morgan fingerprint density at radius 2 is 1.59 bits per heavy atom. The quantitative estimate of drug-likeness (QED) is 0.340. The molecule has 2 heterocycles. The van der Waals surface area contributed by atoms with E-state index in [9.17, 15) is 0 Å². The maximum Gasteiger partial charge on any atom is 0.104 e. The lowest BCUT2D eigenvalue weighted by atomic mass is 9.96. The van der Waals surface area contributed by atoms with Gasteiger partial charge in [-0.15, -0.1) is 11.3 Å². The monoisotopic (exact) mass is 365 g/mol. The van der Waals surface area contributed by atoms with Gasteiger partial charge in [0.15, 0.2) is 0 Å². The molecule has 0 unspecified atom stereocenters. The van der Waals surface area contributed by atoms with Crippen LogP contribution in [0.1, 0.15) is 11.1 Å². The number of rotatable bonds is 1. The Labute approximate surface area is 163 Å². The molecule has 1 aliphatic heterocycles. The van der Waals surface area contributed by atoms with Crippen LogP contribution < -0.4 is 4.90 Å². The van der Waals surface area contributed by atoms with Crippen molar-refractivity contribution >= 4 is 43.8 Å². The summed E-state index contributed by atoms with van der Waals surface area (Å²) >= 11 is 1.84. The summed E-state index contributed by atoms with van der Waals surface area (Å²) in [5, 5.41) is 2.57. The fraction of sp³-hybridized carbons (Fsp3) is 0.0400. The van der Waals surface area contributed by atoms with Crippen molar-refractivity contribution in [3.63, 3.8) is 0 Å². The summed E-state index contributed by atoms with van der Waals surface area (Å²) < 4.78 is 1.31. The summed E-state index contributed by atoms with van der Waals surface area (Å²) in [6, 6.07) is 25.8. The molecule has 0 atom stereocenters. The number of hydrogen-bond acceptors (Lipinski definition) is 2. The zero-order valence-electron chi connectivity index (χ0n) is 15.1. The zero-order chi connectivity index (χ0) is 18.4. The van der Waals surface area contributed by atoms with Crippen molar-refractivity contribution in [3.8, 4) is 11.1 Å². The first kappa shape index (κ1) is 16.1. The smallest absolute Gasteiger partial charge is 0.104 e. The van der Waals surface area contributed by atoms with Gasteiger partial charge in [0.1, 0.15) is 5.00 Å². The molecule has 0 saturated heterocycles. The summed E-state index contributed by atoms with van der Waals surface area (Å²) in [7, 11) is 2.16. The van der Waals surface area contributed by atoms with E-state index in [1.807, 2.05) is 11.3 Å². The number of anilines is 2. The van der Waals surface area contributed by atoms with Gasteiger partial charge in [0.25, 0.3) is 0 Å². The van der Waals surface area contributed by atoms with E-state index in [4.69, 9.17) is 0 Å². The molecule has 0 amide bonds. The van der Waals surface area contributed by atoms with Gasteiger partial charge in [0, 0.05) is 33.9 Å². The highest BCUT2D eigenvalue weighted by Crippen LogP contribution is 2.45. The number of nitrogens with zero attached hydrogens (tertiary/aromatic N) is 1. The highest BCUT2D eigenvalue weighted by Gasteiger charge is 2.20. The average molecular weight is 366 g/mol. The van der Waals surface area contributed by atoms with Crippen LogP contribution in [0.5, 0.6) is 0 Å². The van der Waals surface area contributed by atoms with Crippen LogP contribution in [0, 0.1) is 0 Å². The van der Waals surface area contributed by atoms with Gasteiger partial charge in [-0.1, -0.05) is 79.4 Å². The third-order valence-electron chi connectivity index (χ3n) is 5.18. The summed E-state index contributed by atoms with van der Waals surface area (Å²) in [6.07, 6.45) is 4.35. The molecule has 4 aromatic rings. The predicted molar refractivity (Wildman–Crippen MR) is 120 cm³/mol. The van der Waals surface area contributed by atoms with Gasteiger partial charge in [-0.3, -0.25) is 0 Å². The Balaban J connectivity index is 1.75. The molecule has 0 spiro atoms. The molecule has 0 aliphatic carbocycles. The maximum atomic E-state index is 4.32. The van der Waals surface area contributed by atoms with Crippen molar-refractivity contribution < 1.29 is 0 Å². The Morgan fingerprint density at radius 1 is 0.815 bits per heavy atom. The van der Waals surface area contributed by atoms with E-state index in [-0.39, 0.29) is 0 Å². The topological polar surface area (TPSA) is 3.24 Å². The first-order valence-electron chi connectivity index (χ1n) is 9.04.